The van der Waals surface area contributed by atoms with Crippen molar-refractivity contribution in [3.8, 4) is 0 Å². The Morgan fingerprint density at radius 3 is 1.49 bits per heavy atom. The molecule has 1 atom stereocenters. The lowest BCUT2D eigenvalue weighted by Gasteiger charge is -2.18. The van der Waals surface area contributed by atoms with Gasteiger partial charge in [-0.05, 0) is 44.9 Å². The minimum Gasteiger partial charge on any atom is -0.462 e. The summed E-state index contributed by atoms with van der Waals surface area (Å²) in [6.45, 7) is 3.52. The van der Waals surface area contributed by atoms with Gasteiger partial charge in [-0.2, -0.15) is 0 Å². The van der Waals surface area contributed by atoms with Crippen molar-refractivity contribution in [1.29, 1.82) is 0 Å². The number of hydrogen-bond acceptors (Lipinski definition) is 6. The van der Waals surface area contributed by atoms with E-state index in [-0.39, 0.29) is 19.4 Å². The van der Waals surface area contributed by atoms with Crippen LogP contribution in [0.3, 0.4) is 0 Å². The van der Waals surface area contributed by atoms with E-state index < -0.39 is 32.5 Å². The smallest absolute Gasteiger partial charge is 0.462 e. The largest absolute Gasteiger partial charge is 0.469 e. The molecule has 1 unspecified atom stereocenters. The molecule has 0 aliphatic heterocycles. The first kappa shape index (κ1) is 43.5. The summed E-state index contributed by atoms with van der Waals surface area (Å²) < 4.78 is 26.0. The number of phosphoric acid groups is 1. The molecule has 2 N–H and O–H groups in total. The molecular formula is C36H67O8P. The van der Waals surface area contributed by atoms with Crippen LogP contribution in [-0.2, 0) is 28.2 Å². The second-order valence-electron chi connectivity index (χ2n) is 12.2. The summed E-state index contributed by atoms with van der Waals surface area (Å²) >= 11 is 0. The highest BCUT2D eigenvalue weighted by molar-refractivity contribution is 7.46. The van der Waals surface area contributed by atoms with Crippen molar-refractivity contribution in [2.75, 3.05) is 13.2 Å². The van der Waals surface area contributed by atoms with Gasteiger partial charge < -0.3 is 19.3 Å². The first-order valence-corrected chi connectivity index (χ1v) is 19.7. The Morgan fingerprint density at radius 2 is 1.00 bits per heavy atom. The van der Waals surface area contributed by atoms with Crippen LogP contribution < -0.4 is 0 Å². The molecule has 8 nitrogen and oxygen atoms in total. The predicted octanol–water partition coefficient (Wildman–Crippen LogP) is 10.5. The van der Waals surface area contributed by atoms with Crippen LogP contribution in [0.1, 0.15) is 174 Å². The average molecular weight is 659 g/mol. The highest BCUT2D eigenvalue weighted by Gasteiger charge is 2.22. The van der Waals surface area contributed by atoms with Crippen LogP contribution in [0.5, 0.6) is 0 Å². The summed E-state index contributed by atoms with van der Waals surface area (Å²) in [7, 11) is -4.73. The van der Waals surface area contributed by atoms with Gasteiger partial charge >= 0.3 is 19.8 Å². The molecule has 0 aromatic heterocycles. The van der Waals surface area contributed by atoms with E-state index in [4.69, 9.17) is 19.3 Å². The van der Waals surface area contributed by atoms with Crippen molar-refractivity contribution in [1.82, 2.24) is 0 Å². The van der Waals surface area contributed by atoms with Gasteiger partial charge in [0.1, 0.15) is 6.61 Å². The second kappa shape index (κ2) is 32.5. The van der Waals surface area contributed by atoms with Crippen LogP contribution in [-0.4, -0.2) is 41.0 Å². The van der Waals surface area contributed by atoms with Crippen LogP contribution in [0.25, 0.3) is 0 Å². The molecule has 45 heavy (non-hydrogen) atoms. The van der Waals surface area contributed by atoms with Crippen molar-refractivity contribution in [2.45, 2.75) is 180 Å². The normalized spacial score (nSPS) is 12.7. The summed E-state index contributed by atoms with van der Waals surface area (Å²) in [5.74, 6) is -0.905. The SMILES string of the molecule is CCCCCCC/C=C\C/C=C\CCCCCCCCCCCCCC(=O)OC(COC(=O)CCCCCC)COP(=O)(O)O. The summed E-state index contributed by atoms with van der Waals surface area (Å²) in [6.07, 6.45) is 35.4. The Balaban J connectivity index is 3.75. The molecule has 0 radical (unpaired) electrons. The fourth-order valence-corrected chi connectivity index (χ4v) is 5.35. The Bertz CT molecular complexity index is 792. The van der Waals surface area contributed by atoms with Crippen molar-refractivity contribution in [2.24, 2.45) is 0 Å². The molecule has 0 aromatic carbocycles. The van der Waals surface area contributed by atoms with Gasteiger partial charge in [0.2, 0.25) is 0 Å². The number of phosphoric ester groups is 1. The number of ether oxygens (including phenoxy) is 2. The monoisotopic (exact) mass is 658 g/mol. The fraction of sp³-hybridized carbons (Fsp3) is 0.833. The zero-order valence-corrected chi connectivity index (χ0v) is 29.7. The Kier molecular flexibility index (Phi) is 31.4. The molecule has 0 saturated heterocycles. The third kappa shape index (κ3) is 35.2. The van der Waals surface area contributed by atoms with Gasteiger partial charge in [-0.1, -0.05) is 141 Å². The standard InChI is InChI=1S/C36H67O8P/c1-3-5-7-9-10-11-12-13-14-15-16-17-18-19-20-21-22-23-24-25-26-27-29-31-36(38)44-34(33-43-45(39,40)41)32-42-35(37)30-28-8-6-4-2/h12-13,15-16,34H,3-11,14,17-33H2,1-2H3,(H2,39,40,41)/b13-12-,16-15-. The Hall–Kier alpha value is -1.47. The van der Waals surface area contributed by atoms with E-state index in [1.807, 2.05) is 0 Å². The lowest BCUT2D eigenvalue weighted by molar-refractivity contribution is -0.161. The minimum atomic E-state index is -4.73. The Morgan fingerprint density at radius 1 is 0.578 bits per heavy atom. The van der Waals surface area contributed by atoms with E-state index >= 15 is 0 Å². The van der Waals surface area contributed by atoms with Crippen molar-refractivity contribution in [3.63, 3.8) is 0 Å². The maximum atomic E-state index is 12.3. The van der Waals surface area contributed by atoms with Crippen molar-refractivity contribution >= 4 is 19.8 Å². The van der Waals surface area contributed by atoms with E-state index in [2.05, 4.69) is 42.7 Å². The number of allylic oxidation sites excluding steroid dienone is 4. The number of unbranched alkanes of at least 4 members (excludes halogenated alkanes) is 19. The van der Waals surface area contributed by atoms with E-state index in [1.54, 1.807) is 0 Å². The molecule has 0 fully saturated rings. The lowest BCUT2D eigenvalue weighted by Crippen LogP contribution is -2.29. The van der Waals surface area contributed by atoms with Crippen molar-refractivity contribution < 1.29 is 37.9 Å². The molecule has 0 saturated carbocycles. The zero-order valence-electron chi connectivity index (χ0n) is 28.8. The minimum absolute atomic E-state index is 0.211. The van der Waals surface area contributed by atoms with Crippen LogP contribution in [0, 0.1) is 0 Å². The number of esters is 2. The van der Waals surface area contributed by atoms with Crippen molar-refractivity contribution in [3.05, 3.63) is 24.3 Å². The molecule has 0 bridgehead atoms. The van der Waals surface area contributed by atoms with Gasteiger partial charge in [-0.3, -0.25) is 14.1 Å². The zero-order chi connectivity index (χ0) is 33.3. The van der Waals surface area contributed by atoms with Crippen LogP contribution >= 0.6 is 7.82 Å². The highest BCUT2D eigenvalue weighted by Crippen LogP contribution is 2.36. The van der Waals surface area contributed by atoms with Crippen LogP contribution in [0.2, 0.25) is 0 Å². The third-order valence-corrected chi connectivity index (χ3v) is 8.21. The highest BCUT2D eigenvalue weighted by atomic mass is 31.2. The van der Waals surface area contributed by atoms with Gasteiger partial charge in [0.25, 0.3) is 0 Å². The molecule has 0 rings (SSSR count). The summed E-state index contributed by atoms with van der Waals surface area (Å²) in [5, 5.41) is 0. The molecule has 264 valence electrons. The molecule has 0 aliphatic carbocycles. The number of hydrogen-bond donors (Lipinski definition) is 2. The van der Waals surface area contributed by atoms with E-state index in [0.29, 0.717) is 12.8 Å². The molecule has 9 heteroatoms. The van der Waals surface area contributed by atoms with E-state index in [0.717, 1.165) is 44.9 Å². The van der Waals surface area contributed by atoms with E-state index in [9.17, 15) is 14.2 Å². The first-order chi connectivity index (χ1) is 21.8. The topological polar surface area (TPSA) is 119 Å². The van der Waals surface area contributed by atoms with Gasteiger partial charge in [0.15, 0.2) is 6.10 Å². The fourth-order valence-electron chi connectivity index (χ4n) is 4.99. The number of carbonyl (C=O) groups excluding carboxylic acids is 2. The molecular weight excluding hydrogens is 591 g/mol. The molecule has 0 aliphatic rings. The van der Waals surface area contributed by atoms with Crippen LogP contribution in [0.15, 0.2) is 24.3 Å². The number of carbonyl (C=O) groups is 2. The summed E-state index contributed by atoms with van der Waals surface area (Å²) in [5.41, 5.74) is 0. The molecule has 0 spiro atoms. The van der Waals surface area contributed by atoms with Crippen LogP contribution in [0.4, 0.5) is 0 Å². The molecule has 0 aromatic rings. The summed E-state index contributed by atoms with van der Waals surface area (Å²) in [4.78, 5) is 42.1. The lowest BCUT2D eigenvalue weighted by atomic mass is 10.0. The van der Waals surface area contributed by atoms with Gasteiger partial charge in [-0.15, -0.1) is 0 Å². The summed E-state index contributed by atoms with van der Waals surface area (Å²) in [6, 6.07) is 0. The second-order valence-corrected chi connectivity index (χ2v) is 13.4. The van der Waals surface area contributed by atoms with E-state index in [1.165, 1.54) is 89.9 Å². The van der Waals surface area contributed by atoms with Gasteiger partial charge in [0.05, 0.1) is 6.61 Å². The third-order valence-electron chi connectivity index (χ3n) is 7.72. The quantitative estimate of drug-likeness (QED) is 0.0309. The maximum absolute atomic E-state index is 12.3. The van der Waals surface area contributed by atoms with Gasteiger partial charge in [-0.25, -0.2) is 4.57 Å². The molecule has 0 heterocycles. The van der Waals surface area contributed by atoms with Gasteiger partial charge in [0, 0.05) is 12.8 Å². The Labute approximate surface area is 275 Å². The maximum Gasteiger partial charge on any atom is 0.469 e. The number of rotatable bonds is 33. The molecule has 0 amide bonds. The first-order valence-electron chi connectivity index (χ1n) is 18.1. The predicted molar refractivity (Wildman–Crippen MR) is 184 cm³/mol. The average Bonchev–Trinajstić information content (AvgIpc) is 3.00.